The van der Waals surface area contributed by atoms with Crippen molar-refractivity contribution in [2.24, 2.45) is 0 Å². The van der Waals surface area contributed by atoms with Crippen molar-refractivity contribution in [3.63, 3.8) is 0 Å². The normalized spacial score (nSPS) is 17.1. The molecule has 2 N–H and O–H groups in total. The standard InChI is InChI=1S/C21H25N3O3/c1-13-14(2)23-18-8-7-16(11-17(13)18)20(26)27-15(3)19(25)24-21(12-22)9-5-4-6-10-21/h7-8,11,15,23H,4-6,9-10H2,1-3H3,(H,24,25)/t15-/m0/s1. The highest BCUT2D eigenvalue weighted by Gasteiger charge is 2.35. The van der Waals surface area contributed by atoms with Crippen LogP contribution in [0.15, 0.2) is 18.2 Å². The lowest BCUT2D eigenvalue weighted by Crippen LogP contribution is -2.52. The van der Waals surface area contributed by atoms with Gasteiger partial charge in [0.1, 0.15) is 5.54 Å². The fourth-order valence-corrected chi connectivity index (χ4v) is 3.63. The first-order chi connectivity index (χ1) is 12.8. The predicted octanol–water partition coefficient (Wildman–Crippen LogP) is 3.67. The molecular formula is C21H25N3O3. The number of nitrogens with one attached hydrogen (secondary N) is 2. The molecule has 0 spiro atoms. The minimum atomic E-state index is -0.964. The van der Waals surface area contributed by atoms with E-state index in [-0.39, 0.29) is 0 Å². The molecule has 1 fully saturated rings. The number of hydrogen-bond donors (Lipinski definition) is 2. The molecule has 1 saturated carbocycles. The van der Waals surface area contributed by atoms with Crippen LogP contribution in [0, 0.1) is 25.2 Å². The lowest BCUT2D eigenvalue weighted by Gasteiger charge is -2.32. The Hall–Kier alpha value is -2.81. The fraction of sp³-hybridized carbons (Fsp3) is 0.476. The van der Waals surface area contributed by atoms with Gasteiger partial charge in [-0.2, -0.15) is 5.26 Å². The number of nitrogens with zero attached hydrogens (tertiary/aromatic N) is 1. The van der Waals surface area contributed by atoms with E-state index in [2.05, 4.69) is 16.4 Å². The van der Waals surface area contributed by atoms with E-state index in [0.29, 0.717) is 18.4 Å². The van der Waals surface area contributed by atoms with Gasteiger partial charge in [0.15, 0.2) is 6.10 Å². The van der Waals surface area contributed by atoms with Crippen LogP contribution in [-0.4, -0.2) is 28.5 Å². The maximum absolute atomic E-state index is 12.5. The Morgan fingerprint density at radius 3 is 2.63 bits per heavy atom. The topological polar surface area (TPSA) is 95.0 Å². The number of amides is 1. The molecule has 0 unspecified atom stereocenters. The highest BCUT2D eigenvalue weighted by atomic mass is 16.5. The van der Waals surface area contributed by atoms with Gasteiger partial charge in [0.05, 0.1) is 11.6 Å². The Balaban J connectivity index is 1.69. The summed E-state index contributed by atoms with van der Waals surface area (Å²) in [5.41, 5.74) is 2.66. The zero-order valence-electron chi connectivity index (χ0n) is 16.0. The molecule has 0 radical (unpaired) electrons. The van der Waals surface area contributed by atoms with Gasteiger partial charge in [-0.25, -0.2) is 4.79 Å². The summed E-state index contributed by atoms with van der Waals surface area (Å²) in [4.78, 5) is 28.2. The lowest BCUT2D eigenvalue weighted by atomic mass is 9.83. The van der Waals surface area contributed by atoms with Crippen molar-refractivity contribution >= 4 is 22.8 Å². The average molecular weight is 367 g/mol. The van der Waals surface area contributed by atoms with Gasteiger partial charge in [-0.1, -0.05) is 19.3 Å². The van der Waals surface area contributed by atoms with Crippen molar-refractivity contribution in [3.05, 3.63) is 35.0 Å². The molecule has 0 aliphatic heterocycles. The zero-order valence-corrected chi connectivity index (χ0v) is 16.0. The van der Waals surface area contributed by atoms with Crippen LogP contribution in [0.2, 0.25) is 0 Å². The van der Waals surface area contributed by atoms with Crippen molar-refractivity contribution in [3.8, 4) is 6.07 Å². The van der Waals surface area contributed by atoms with Crippen molar-refractivity contribution in [2.75, 3.05) is 0 Å². The third kappa shape index (κ3) is 3.82. The Labute approximate surface area is 158 Å². The van der Waals surface area contributed by atoms with E-state index in [1.165, 1.54) is 6.92 Å². The Kier molecular flexibility index (Phi) is 5.22. The van der Waals surface area contributed by atoms with Gasteiger partial charge >= 0.3 is 5.97 Å². The summed E-state index contributed by atoms with van der Waals surface area (Å²) in [7, 11) is 0. The van der Waals surface area contributed by atoms with E-state index in [9.17, 15) is 14.9 Å². The summed E-state index contributed by atoms with van der Waals surface area (Å²) >= 11 is 0. The highest BCUT2D eigenvalue weighted by molar-refractivity contribution is 5.97. The monoisotopic (exact) mass is 367 g/mol. The summed E-state index contributed by atoms with van der Waals surface area (Å²) < 4.78 is 5.35. The first kappa shape index (κ1) is 19.0. The molecule has 1 aliphatic carbocycles. The van der Waals surface area contributed by atoms with Crippen LogP contribution < -0.4 is 5.32 Å². The SMILES string of the molecule is Cc1[nH]c2ccc(C(=O)O[C@@H](C)C(=O)NC3(C#N)CCCCC3)cc2c1C. The second kappa shape index (κ2) is 7.43. The number of nitriles is 1. The van der Waals surface area contributed by atoms with Gasteiger partial charge in [-0.15, -0.1) is 0 Å². The minimum Gasteiger partial charge on any atom is -0.449 e. The second-order valence-corrected chi connectivity index (χ2v) is 7.43. The van der Waals surface area contributed by atoms with Gasteiger partial charge in [-0.3, -0.25) is 4.79 Å². The highest BCUT2D eigenvalue weighted by Crippen LogP contribution is 2.28. The molecule has 1 aromatic carbocycles. The summed E-state index contributed by atoms with van der Waals surface area (Å²) in [5, 5.41) is 13.2. The van der Waals surface area contributed by atoms with Crippen LogP contribution in [0.3, 0.4) is 0 Å². The lowest BCUT2D eigenvalue weighted by molar-refractivity contribution is -0.130. The predicted molar refractivity (Wildman–Crippen MR) is 102 cm³/mol. The number of esters is 1. The molecule has 27 heavy (non-hydrogen) atoms. The first-order valence-corrected chi connectivity index (χ1v) is 9.38. The van der Waals surface area contributed by atoms with Crippen LogP contribution in [0.5, 0.6) is 0 Å². The number of aromatic amines is 1. The van der Waals surface area contributed by atoms with Crippen LogP contribution >= 0.6 is 0 Å². The third-order valence-corrected chi connectivity index (χ3v) is 5.48. The number of carbonyl (C=O) groups is 2. The molecule has 142 valence electrons. The number of aromatic nitrogens is 1. The number of fused-ring (bicyclic) bond motifs is 1. The largest absolute Gasteiger partial charge is 0.449 e. The molecule has 6 nitrogen and oxygen atoms in total. The number of hydrogen-bond acceptors (Lipinski definition) is 4. The summed E-state index contributed by atoms with van der Waals surface area (Å²) in [5.74, 6) is -0.978. The van der Waals surface area contributed by atoms with E-state index in [1.807, 2.05) is 19.9 Å². The molecule has 0 saturated heterocycles. The van der Waals surface area contributed by atoms with E-state index >= 15 is 0 Å². The maximum Gasteiger partial charge on any atom is 0.338 e. The molecule has 1 amide bonds. The molecule has 1 heterocycles. The smallest absolute Gasteiger partial charge is 0.338 e. The number of ether oxygens (including phenoxy) is 1. The Morgan fingerprint density at radius 2 is 1.96 bits per heavy atom. The number of carbonyl (C=O) groups excluding carboxylic acids is 2. The van der Waals surface area contributed by atoms with Crippen molar-refractivity contribution in [2.45, 2.75) is 64.5 Å². The van der Waals surface area contributed by atoms with Gasteiger partial charge in [0, 0.05) is 16.6 Å². The second-order valence-electron chi connectivity index (χ2n) is 7.43. The minimum absolute atomic E-state index is 0.400. The number of H-pyrrole nitrogens is 1. The molecule has 1 aliphatic rings. The molecular weight excluding hydrogens is 342 g/mol. The van der Waals surface area contributed by atoms with Crippen LogP contribution in [0.4, 0.5) is 0 Å². The van der Waals surface area contributed by atoms with Crippen LogP contribution in [0.1, 0.15) is 60.6 Å². The van der Waals surface area contributed by atoms with E-state index in [4.69, 9.17) is 4.74 Å². The number of aryl methyl sites for hydroxylation is 2. The molecule has 1 atom stereocenters. The van der Waals surface area contributed by atoms with Crippen LogP contribution in [-0.2, 0) is 9.53 Å². The van der Waals surface area contributed by atoms with Crippen molar-refractivity contribution in [1.29, 1.82) is 5.26 Å². The van der Waals surface area contributed by atoms with Crippen molar-refractivity contribution in [1.82, 2.24) is 10.3 Å². The van der Waals surface area contributed by atoms with E-state index in [1.54, 1.807) is 12.1 Å². The molecule has 6 heteroatoms. The van der Waals surface area contributed by atoms with Gasteiger partial charge in [0.25, 0.3) is 5.91 Å². The molecule has 1 aromatic heterocycles. The van der Waals surface area contributed by atoms with Crippen molar-refractivity contribution < 1.29 is 14.3 Å². The number of benzene rings is 1. The first-order valence-electron chi connectivity index (χ1n) is 9.38. The molecule has 2 aromatic rings. The maximum atomic E-state index is 12.5. The number of rotatable bonds is 4. The zero-order chi connectivity index (χ0) is 19.6. The van der Waals surface area contributed by atoms with Gasteiger partial charge in [0.2, 0.25) is 0 Å². The fourth-order valence-electron chi connectivity index (χ4n) is 3.63. The van der Waals surface area contributed by atoms with E-state index < -0.39 is 23.5 Å². The van der Waals surface area contributed by atoms with Gasteiger partial charge < -0.3 is 15.0 Å². The van der Waals surface area contributed by atoms with E-state index in [0.717, 1.165) is 41.4 Å². The van der Waals surface area contributed by atoms with Crippen LogP contribution in [0.25, 0.3) is 10.9 Å². The summed E-state index contributed by atoms with van der Waals surface area (Å²) in [6.07, 6.45) is 3.21. The average Bonchev–Trinajstić information content (AvgIpc) is 2.96. The van der Waals surface area contributed by atoms with Gasteiger partial charge in [-0.05, 0) is 57.4 Å². The Morgan fingerprint density at radius 1 is 1.26 bits per heavy atom. The molecule has 3 rings (SSSR count). The summed E-state index contributed by atoms with van der Waals surface area (Å²) in [6, 6.07) is 7.54. The quantitative estimate of drug-likeness (QED) is 0.806. The Bertz CT molecular complexity index is 917. The summed E-state index contributed by atoms with van der Waals surface area (Å²) in [6.45, 7) is 5.51. The molecule has 0 bridgehead atoms. The third-order valence-electron chi connectivity index (χ3n) is 5.48.